The second kappa shape index (κ2) is 11.7. The van der Waals surface area contributed by atoms with Crippen molar-refractivity contribution in [2.45, 2.75) is 39.8 Å². The Morgan fingerprint density at radius 1 is 1.05 bits per heavy atom. The third-order valence-electron chi connectivity index (χ3n) is 6.32. The monoisotopic (exact) mass is 571 g/mol. The summed E-state index contributed by atoms with van der Waals surface area (Å²) < 4.78 is 7.90. The third-order valence-corrected chi connectivity index (χ3v) is 7.23. The molecule has 0 saturated carbocycles. The Balaban J connectivity index is 1.53. The molecule has 1 aromatic heterocycles. The van der Waals surface area contributed by atoms with E-state index in [0.717, 1.165) is 28.1 Å². The first-order chi connectivity index (χ1) is 18.1. The smallest absolute Gasteiger partial charge is 0.335 e. The van der Waals surface area contributed by atoms with Gasteiger partial charge in [-0.1, -0.05) is 66.8 Å². The van der Waals surface area contributed by atoms with Gasteiger partial charge in [-0.3, -0.25) is 0 Å². The fourth-order valence-corrected chi connectivity index (χ4v) is 5.23. The van der Waals surface area contributed by atoms with Gasteiger partial charge >= 0.3 is 5.97 Å². The van der Waals surface area contributed by atoms with Gasteiger partial charge in [0, 0.05) is 19.7 Å². The predicted octanol–water partition coefficient (Wildman–Crippen LogP) is 8.18. The van der Waals surface area contributed by atoms with Gasteiger partial charge in [0.2, 0.25) is 0 Å². The van der Waals surface area contributed by atoms with Crippen molar-refractivity contribution in [1.29, 1.82) is 0 Å². The Labute approximate surface area is 237 Å². The van der Waals surface area contributed by atoms with Gasteiger partial charge in [-0.05, 0) is 59.9 Å². The van der Waals surface area contributed by atoms with Crippen LogP contribution in [0.1, 0.15) is 52.5 Å². The van der Waals surface area contributed by atoms with Crippen LogP contribution in [0.4, 0.5) is 5.69 Å². The van der Waals surface area contributed by atoms with Gasteiger partial charge in [-0.25, -0.2) is 9.48 Å². The number of halogens is 3. The number of carbonyl (C=O) groups is 1. The molecule has 1 heterocycles. The van der Waals surface area contributed by atoms with E-state index in [1.54, 1.807) is 41.9 Å². The highest BCUT2D eigenvalue weighted by molar-refractivity contribution is 6.37. The van der Waals surface area contributed by atoms with Gasteiger partial charge in [-0.2, -0.15) is 5.10 Å². The molecule has 1 N–H and O–H groups in total. The minimum absolute atomic E-state index is 0.219. The number of para-hydroxylation sites is 1. The van der Waals surface area contributed by atoms with Crippen LogP contribution in [-0.2, 0) is 13.2 Å². The highest BCUT2D eigenvalue weighted by atomic mass is 35.5. The summed E-state index contributed by atoms with van der Waals surface area (Å²) in [5, 5.41) is 15.4. The van der Waals surface area contributed by atoms with Crippen LogP contribution < -0.4 is 9.64 Å². The molecule has 4 rings (SSSR count). The van der Waals surface area contributed by atoms with Crippen LogP contribution in [0.15, 0.2) is 60.8 Å². The Kier molecular flexibility index (Phi) is 8.56. The standard InChI is InChI=1S/C29H28Cl3N3O3/c1-17(2)22-14-33-35(28-23(30)6-5-7-24(28)31)27(22)16-38-20-9-11-26(25(32)13-20)34(4)15-19-8-10-21(29(36)37)18(3)12-19/h5-14,17H,15-16H2,1-4H3,(H,36,37). The van der Waals surface area contributed by atoms with Crippen molar-refractivity contribution >= 4 is 46.5 Å². The molecule has 0 fully saturated rings. The summed E-state index contributed by atoms with van der Waals surface area (Å²) in [5.74, 6) is -0.0995. The lowest BCUT2D eigenvalue weighted by Gasteiger charge is -2.22. The third kappa shape index (κ3) is 5.93. The second-order valence-corrected chi connectivity index (χ2v) is 10.6. The first kappa shape index (κ1) is 27.8. The molecule has 0 aliphatic heterocycles. The maximum Gasteiger partial charge on any atom is 0.335 e. The molecule has 0 aliphatic rings. The van der Waals surface area contributed by atoms with E-state index in [1.165, 1.54) is 0 Å². The molecule has 0 radical (unpaired) electrons. The summed E-state index contributed by atoms with van der Waals surface area (Å²) in [6, 6.07) is 16.2. The summed E-state index contributed by atoms with van der Waals surface area (Å²) in [6.07, 6.45) is 1.82. The number of carboxylic acids is 1. The number of hydrogen-bond donors (Lipinski definition) is 1. The van der Waals surface area contributed by atoms with Gasteiger partial charge in [0.15, 0.2) is 0 Å². The van der Waals surface area contributed by atoms with Crippen LogP contribution in [0.25, 0.3) is 5.69 Å². The zero-order valence-corrected chi connectivity index (χ0v) is 23.8. The average Bonchev–Trinajstić information content (AvgIpc) is 3.26. The Bertz CT molecular complexity index is 1460. The number of benzene rings is 3. The van der Waals surface area contributed by atoms with E-state index in [0.29, 0.717) is 38.6 Å². The van der Waals surface area contributed by atoms with Crippen molar-refractivity contribution in [1.82, 2.24) is 9.78 Å². The van der Waals surface area contributed by atoms with Gasteiger partial charge in [0.1, 0.15) is 18.0 Å². The van der Waals surface area contributed by atoms with Gasteiger partial charge in [0.05, 0.1) is 38.2 Å². The van der Waals surface area contributed by atoms with E-state index >= 15 is 0 Å². The first-order valence-corrected chi connectivity index (χ1v) is 13.2. The quantitative estimate of drug-likeness (QED) is 0.219. The molecule has 198 valence electrons. The van der Waals surface area contributed by atoms with E-state index in [2.05, 4.69) is 18.9 Å². The number of rotatable bonds is 9. The van der Waals surface area contributed by atoms with Crippen molar-refractivity contribution in [3.05, 3.63) is 104 Å². The number of aromatic nitrogens is 2. The number of anilines is 1. The number of ether oxygens (including phenoxy) is 1. The normalized spacial score (nSPS) is 11.2. The van der Waals surface area contributed by atoms with Crippen molar-refractivity contribution in [2.24, 2.45) is 0 Å². The maximum atomic E-state index is 11.3. The number of hydrogen-bond acceptors (Lipinski definition) is 4. The molecule has 0 spiro atoms. The molecule has 9 heteroatoms. The molecule has 38 heavy (non-hydrogen) atoms. The largest absolute Gasteiger partial charge is 0.487 e. The zero-order chi connectivity index (χ0) is 27.6. The molecule has 0 aliphatic carbocycles. The molecule has 3 aromatic carbocycles. The summed E-state index contributed by atoms with van der Waals surface area (Å²) >= 11 is 19.6. The predicted molar refractivity (Wildman–Crippen MR) is 154 cm³/mol. The topological polar surface area (TPSA) is 67.6 Å². The van der Waals surface area contributed by atoms with Gasteiger partial charge < -0.3 is 14.7 Å². The number of carboxylic acid groups (broad SMARTS) is 1. The number of nitrogens with zero attached hydrogens (tertiary/aromatic N) is 3. The molecule has 0 bridgehead atoms. The molecular formula is C29H28Cl3N3O3. The minimum atomic E-state index is -0.931. The number of aromatic carboxylic acids is 1. The van der Waals surface area contributed by atoms with Crippen LogP contribution in [0.2, 0.25) is 15.1 Å². The Morgan fingerprint density at radius 3 is 2.37 bits per heavy atom. The highest BCUT2D eigenvalue weighted by Crippen LogP contribution is 2.34. The van der Waals surface area contributed by atoms with Crippen LogP contribution in [0.5, 0.6) is 5.75 Å². The second-order valence-electron chi connectivity index (χ2n) is 9.40. The minimum Gasteiger partial charge on any atom is -0.487 e. The van der Waals surface area contributed by atoms with E-state index in [1.807, 2.05) is 42.4 Å². The highest BCUT2D eigenvalue weighted by Gasteiger charge is 2.20. The molecule has 0 amide bonds. The molecule has 0 atom stereocenters. The molecule has 6 nitrogen and oxygen atoms in total. The SMILES string of the molecule is Cc1cc(CN(C)c2ccc(OCc3c(C(C)C)cnn3-c3c(Cl)cccc3Cl)cc2Cl)ccc1C(=O)O. The summed E-state index contributed by atoms with van der Waals surface area (Å²) in [4.78, 5) is 13.3. The summed E-state index contributed by atoms with van der Waals surface area (Å²) in [7, 11) is 1.93. The molecule has 0 saturated heterocycles. The van der Waals surface area contributed by atoms with E-state index in [4.69, 9.17) is 39.5 Å². The molecular weight excluding hydrogens is 545 g/mol. The Morgan fingerprint density at radius 2 is 1.76 bits per heavy atom. The first-order valence-electron chi connectivity index (χ1n) is 12.0. The van der Waals surface area contributed by atoms with Gasteiger partial charge in [-0.15, -0.1) is 0 Å². The fourth-order valence-electron chi connectivity index (χ4n) is 4.36. The molecule has 4 aromatic rings. The van der Waals surface area contributed by atoms with E-state index < -0.39 is 5.97 Å². The lowest BCUT2D eigenvalue weighted by molar-refractivity contribution is 0.0696. The van der Waals surface area contributed by atoms with Crippen LogP contribution in [0, 0.1) is 6.92 Å². The maximum absolute atomic E-state index is 11.3. The van der Waals surface area contributed by atoms with E-state index in [-0.39, 0.29) is 12.5 Å². The van der Waals surface area contributed by atoms with Crippen molar-refractivity contribution in [2.75, 3.05) is 11.9 Å². The van der Waals surface area contributed by atoms with Gasteiger partial charge in [0.25, 0.3) is 0 Å². The van der Waals surface area contributed by atoms with Crippen LogP contribution in [-0.4, -0.2) is 27.9 Å². The Hall–Kier alpha value is -3.19. The van der Waals surface area contributed by atoms with Crippen molar-refractivity contribution in [3.63, 3.8) is 0 Å². The fraction of sp³-hybridized carbons (Fsp3) is 0.241. The van der Waals surface area contributed by atoms with Crippen molar-refractivity contribution < 1.29 is 14.6 Å². The average molecular weight is 573 g/mol. The molecule has 0 unspecified atom stereocenters. The lowest BCUT2D eigenvalue weighted by atomic mass is 10.0. The van der Waals surface area contributed by atoms with Crippen LogP contribution >= 0.6 is 34.8 Å². The van der Waals surface area contributed by atoms with Crippen LogP contribution in [0.3, 0.4) is 0 Å². The van der Waals surface area contributed by atoms with E-state index in [9.17, 15) is 9.90 Å². The lowest BCUT2D eigenvalue weighted by Crippen LogP contribution is -2.17. The number of aryl methyl sites for hydroxylation is 1. The summed E-state index contributed by atoms with van der Waals surface area (Å²) in [6.45, 7) is 6.79. The van der Waals surface area contributed by atoms with Crippen molar-refractivity contribution in [3.8, 4) is 11.4 Å². The zero-order valence-electron chi connectivity index (χ0n) is 21.5. The summed E-state index contributed by atoms with van der Waals surface area (Å²) in [5.41, 5.74) is 5.34.